The van der Waals surface area contributed by atoms with Gasteiger partial charge in [-0.2, -0.15) is 41.3 Å². The third kappa shape index (κ3) is 5.81. The highest BCUT2D eigenvalue weighted by Gasteiger charge is 2.38. The number of hydrogen-bond acceptors (Lipinski definition) is 6. The topological polar surface area (TPSA) is 75.6 Å². The van der Waals surface area contributed by atoms with Crippen molar-refractivity contribution in [3.63, 3.8) is 0 Å². The minimum absolute atomic E-state index is 0.0456. The molecule has 2 atom stereocenters. The second kappa shape index (κ2) is 7.71. The SMILES string of the molecule is CC(Nc1nc(N[C@@H](C)C(F)(F)F)nc(-c2cccc(Cl)n2)n1)C(F)(F)F. The Morgan fingerprint density at radius 2 is 1.30 bits per heavy atom. The molecule has 0 radical (unpaired) electrons. The monoisotopic (exact) mass is 414 g/mol. The first-order valence-corrected chi connectivity index (χ1v) is 7.79. The van der Waals surface area contributed by atoms with Gasteiger partial charge in [-0.3, -0.25) is 0 Å². The predicted octanol–water partition coefficient (Wildman–Crippen LogP) is 4.31. The van der Waals surface area contributed by atoms with E-state index in [4.69, 9.17) is 11.6 Å². The number of alkyl halides is 6. The molecular weight excluding hydrogens is 402 g/mol. The molecule has 1 unspecified atom stereocenters. The van der Waals surface area contributed by atoms with E-state index in [0.717, 1.165) is 13.8 Å². The van der Waals surface area contributed by atoms with Crippen LogP contribution in [0.1, 0.15) is 13.8 Å². The molecule has 148 valence electrons. The molecule has 2 aromatic rings. The lowest BCUT2D eigenvalue weighted by molar-refractivity contribution is -0.139. The number of anilines is 2. The van der Waals surface area contributed by atoms with Crippen molar-refractivity contribution in [2.45, 2.75) is 38.3 Å². The molecule has 2 rings (SSSR count). The van der Waals surface area contributed by atoms with Crippen LogP contribution in [0.15, 0.2) is 18.2 Å². The van der Waals surface area contributed by atoms with Crippen LogP contribution in [-0.2, 0) is 0 Å². The van der Waals surface area contributed by atoms with Gasteiger partial charge in [0.15, 0.2) is 5.82 Å². The fourth-order valence-corrected chi connectivity index (χ4v) is 1.87. The van der Waals surface area contributed by atoms with Gasteiger partial charge in [0.1, 0.15) is 22.9 Å². The minimum atomic E-state index is -4.62. The van der Waals surface area contributed by atoms with Crippen molar-refractivity contribution in [1.29, 1.82) is 0 Å². The van der Waals surface area contributed by atoms with Gasteiger partial charge in [0.2, 0.25) is 11.9 Å². The molecule has 0 spiro atoms. The molecule has 0 aliphatic carbocycles. The Balaban J connectivity index is 2.44. The number of hydrogen-bond donors (Lipinski definition) is 2. The highest BCUT2D eigenvalue weighted by molar-refractivity contribution is 6.29. The molecular formula is C14H13ClF6N6. The van der Waals surface area contributed by atoms with Crippen molar-refractivity contribution in [1.82, 2.24) is 19.9 Å². The first kappa shape index (κ1) is 20.9. The highest BCUT2D eigenvalue weighted by atomic mass is 35.5. The van der Waals surface area contributed by atoms with Crippen LogP contribution in [0.3, 0.4) is 0 Å². The van der Waals surface area contributed by atoms with E-state index in [-0.39, 0.29) is 16.7 Å². The van der Waals surface area contributed by atoms with E-state index in [1.54, 1.807) is 0 Å². The van der Waals surface area contributed by atoms with Gasteiger partial charge in [0, 0.05) is 0 Å². The standard InChI is InChI=1S/C14H13ClF6N6/c1-6(13(16,17)18)22-11-25-10(8-4-3-5-9(15)24-8)26-12(27-11)23-7(2)14(19,20)21/h3-7H,1-2H3,(H2,22,23,25,26,27)/t6-,7?/m0/s1. The van der Waals surface area contributed by atoms with Gasteiger partial charge in [-0.15, -0.1) is 0 Å². The second-order valence-electron chi connectivity index (χ2n) is 5.47. The van der Waals surface area contributed by atoms with Crippen LogP contribution in [-0.4, -0.2) is 44.4 Å². The van der Waals surface area contributed by atoms with Crippen LogP contribution in [0.5, 0.6) is 0 Å². The van der Waals surface area contributed by atoms with Crippen molar-refractivity contribution in [3.05, 3.63) is 23.4 Å². The fourth-order valence-electron chi connectivity index (χ4n) is 1.70. The van der Waals surface area contributed by atoms with E-state index in [9.17, 15) is 26.3 Å². The smallest absolute Gasteiger partial charge is 0.343 e. The molecule has 2 heterocycles. The second-order valence-corrected chi connectivity index (χ2v) is 5.85. The maximum Gasteiger partial charge on any atom is 0.408 e. The van der Waals surface area contributed by atoms with Gasteiger partial charge < -0.3 is 10.6 Å². The van der Waals surface area contributed by atoms with Crippen LogP contribution in [0.2, 0.25) is 5.15 Å². The lowest BCUT2D eigenvalue weighted by Gasteiger charge is -2.20. The van der Waals surface area contributed by atoms with Crippen LogP contribution in [0, 0.1) is 0 Å². The summed E-state index contributed by atoms with van der Waals surface area (Å²) in [5.41, 5.74) is 0.0512. The molecule has 2 aromatic heterocycles. The van der Waals surface area contributed by atoms with Gasteiger partial charge in [0.05, 0.1) is 0 Å². The van der Waals surface area contributed by atoms with Gasteiger partial charge in [-0.05, 0) is 26.0 Å². The van der Waals surface area contributed by atoms with Crippen molar-refractivity contribution in [3.8, 4) is 11.5 Å². The molecule has 0 saturated heterocycles. The predicted molar refractivity (Wildman–Crippen MR) is 86.3 cm³/mol. The summed E-state index contributed by atoms with van der Waals surface area (Å²) in [6.45, 7) is 1.62. The van der Waals surface area contributed by atoms with Gasteiger partial charge in [-0.1, -0.05) is 17.7 Å². The first-order chi connectivity index (χ1) is 12.4. The molecule has 0 amide bonds. The van der Waals surface area contributed by atoms with E-state index in [2.05, 4.69) is 19.9 Å². The summed E-state index contributed by atoms with van der Waals surface area (Å²) in [7, 11) is 0. The lowest BCUT2D eigenvalue weighted by Crippen LogP contribution is -2.35. The van der Waals surface area contributed by atoms with Crippen molar-refractivity contribution in [2.75, 3.05) is 10.6 Å². The summed E-state index contributed by atoms with van der Waals surface area (Å²) in [4.78, 5) is 15.1. The highest BCUT2D eigenvalue weighted by Crippen LogP contribution is 2.26. The van der Waals surface area contributed by atoms with E-state index >= 15 is 0 Å². The summed E-state index contributed by atoms with van der Waals surface area (Å²) >= 11 is 5.75. The zero-order valence-electron chi connectivity index (χ0n) is 13.8. The summed E-state index contributed by atoms with van der Waals surface area (Å²) in [6.07, 6.45) is -9.23. The van der Waals surface area contributed by atoms with Crippen molar-refractivity contribution in [2.24, 2.45) is 0 Å². The average molecular weight is 415 g/mol. The Kier molecular flexibility index (Phi) is 5.97. The molecule has 13 heteroatoms. The zero-order chi connectivity index (χ0) is 20.4. The quantitative estimate of drug-likeness (QED) is 0.561. The fraction of sp³-hybridized carbons (Fsp3) is 0.429. The molecule has 0 aliphatic heterocycles. The van der Waals surface area contributed by atoms with Crippen molar-refractivity contribution < 1.29 is 26.3 Å². The number of rotatable bonds is 5. The number of nitrogens with zero attached hydrogens (tertiary/aromatic N) is 4. The third-order valence-electron chi connectivity index (χ3n) is 3.25. The zero-order valence-corrected chi connectivity index (χ0v) is 14.6. The molecule has 27 heavy (non-hydrogen) atoms. The summed E-state index contributed by atoms with van der Waals surface area (Å²) in [5.74, 6) is -1.38. The summed E-state index contributed by atoms with van der Waals surface area (Å²) in [5, 5.41) is 4.03. The molecule has 0 bridgehead atoms. The van der Waals surface area contributed by atoms with E-state index < -0.39 is 36.3 Å². The minimum Gasteiger partial charge on any atom is -0.343 e. The Hall–Kier alpha value is -2.37. The summed E-state index contributed by atoms with van der Waals surface area (Å²) < 4.78 is 76.5. The number of pyridine rings is 1. The van der Waals surface area contributed by atoms with Gasteiger partial charge in [-0.25, -0.2) is 4.98 Å². The maximum absolute atomic E-state index is 12.8. The van der Waals surface area contributed by atoms with Crippen molar-refractivity contribution >= 4 is 23.5 Å². The first-order valence-electron chi connectivity index (χ1n) is 7.42. The molecule has 0 fully saturated rings. The van der Waals surface area contributed by atoms with E-state index in [1.807, 2.05) is 10.6 Å². The number of halogens is 7. The van der Waals surface area contributed by atoms with Crippen LogP contribution >= 0.6 is 11.6 Å². The van der Waals surface area contributed by atoms with Crippen LogP contribution in [0.4, 0.5) is 38.2 Å². The molecule has 0 saturated carbocycles. The van der Waals surface area contributed by atoms with Gasteiger partial charge in [0.25, 0.3) is 0 Å². The maximum atomic E-state index is 12.8. The molecule has 6 nitrogen and oxygen atoms in total. The van der Waals surface area contributed by atoms with E-state index in [0.29, 0.717) is 0 Å². The molecule has 0 aromatic carbocycles. The Bertz CT molecular complexity index is 756. The van der Waals surface area contributed by atoms with Crippen LogP contribution < -0.4 is 10.6 Å². The Morgan fingerprint density at radius 1 is 0.815 bits per heavy atom. The third-order valence-corrected chi connectivity index (χ3v) is 3.46. The average Bonchev–Trinajstić information content (AvgIpc) is 2.52. The molecule has 0 aliphatic rings. The Labute approximate surface area is 154 Å². The Morgan fingerprint density at radius 3 is 1.70 bits per heavy atom. The van der Waals surface area contributed by atoms with Crippen LogP contribution in [0.25, 0.3) is 11.5 Å². The number of nitrogens with one attached hydrogen (secondary N) is 2. The molecule has 2 N–H and O–H groups in total. The van der Waals surface area contributed by atoms with E-state index in [1.165, 1.54) is 18.2 Å². The normalized spacial score (nSPS) is 14.6. The largest absolute Gasteiger partial charge is 0.408 e. The summed E-state index contributed by atoms with van der Waals surface area (Å²) in [6, 6.07) is 0.212. The number of aromatic nitrogens is 4. The lowest BCUT2D eigenvalue weighted by atomic mass is 10.3. The van der Waals surface area contributed by atoms with Gasteiger partial charge >= 0.3 is 12.4 Å².